The maximum Gasteiger partial charge on any atom is 0.259 e. The van der Waals surface area contributed by atoms with Crippen LogP contribution in [0.5, 0.6) is 5.75 Å². The second-order valence-electron chi connectivity index (χ2n) is 8.12. The summed E-state index contributed by atoms with van der Waals surface area (Å²) in [5.74, 6) is 0.817. The van der Waals surface area contributed by atoms with Crippen molar-refractivity contribution < 1.29 is 23.3 Å². The molecule has 0 aliphatic carbocycles. The molecule has 174 valence electrons. The number of hydrogen-bond donors (Lipinski definition) is 0. The van der Waals surface area contributed by atoms with Crippen molar-refractivity contribution in [3.05, 3.63) is 65.5 Å². The fraction of sp³-hybridized carbons (Fsp3) is 0.280. The predicted octanol–water partition coefficient (Wildman–Crippen LogP) is 3.79. The van der Waals surface area contributed by atoms with Gasteiger partial charge >= 0.3 is 0 Å². The Bertz CT molecular complexity index is 1340. The Hall–Kier alpha value is -4.14. The number of furan rings is 1. The predicted molar refractivity (Wildman–Crippen MR) is 124 cm³/mol. The lowest BCUT2D eigenvalue weighted by molar-refractivity contribution is 0.0718. The number of hydrogen-bond acceptors (Lipinski definition) is 7. The van der Waals surface area contributed by atoms with Crippen molar-refractivity contribution >= 4 is 22.9 Å². The molecule has 34 heavy (non-hydrogen) atoms. The van der Waals surface area contributed by atoms with Gasteiger partial charge in [-0.2, -0.15) is 0 Å². The minimum Gasteiger partial charge on any atom is -0.496 e. The number of nitrogens with zero attached hydrogens (tertiary/aromatic N) is 4. The summed E-state index contributed by atoms with van der Waals surface area (Å²) in [7, 11) is 1.55. The fourth-order valence-corrected chi connectivity index (χ4v) is 4.30. The van der Waals surface area contributed by atoms with Crippen molar-refractivity contribution in [3.8, 4) is 17.2 Å². The fourth-order valence-electron chi connectivity index (χ4n) is 4.30. The van der Waals surface area contributed by atoms with Gasteiger partial charge in [-0.3, -0.25) is 9.59 Å². The topological polar surface area (TPSA) is 102 Å². The van der Waals surface area contributed by atoms with Crippen LogP contribution < -0.4 is 4.74 Å². The molecule has 0 bridgehead atoms. The van der Waals surface area contributed by atoms with Gasteiger partial charge in [0.25, 0.3) is 17.5 Å². The standard InChI is InChI=1S/C25H24N4O5/c1-16-22-18(15-19(21-9-5-14-33-21)26-23(22)34-27-16)25(31)29-11-6-10-28(12-13-29)24(30)17-7-3-4-8-20(17)32-2/h3-5,7-9,14-15H,6,10-13H2,1-2H3. The summed E-state index contributed by atoms with van der Waals surface area (Å²) in [6.45, 7) is 3.69. The summed E-state index contributed by atoms with van der Waals surface area (Å²) >= 11 is 0. The molecule has 0 atom stereocenters. The number of rotatable bonds is 4. The van der Waals surface area contributed by atoms with Crippen LogP contribution in [0.1, 0.15) is 32.8 Å². The molecule has 1 aromatic carbocycles. The highest BCUT2D eigenvalue weighted by molar-refractivity contribution is 6.07. The van der Waals surface area contributed by atoms with Gasteiger partial charge in [-0.25, -0.2) is 4.98 Å². The second-order valence-corrected chi connectivity index (χ2v) is 8.12. The Morgan fingerprint density at radius 1 is 0.971 bits per heavy atom. The van der Waals surface area contributed by atoms with E-state index in [1.807, 2.05) is 12.1 Å². The molecule has 1 saturated heterocycles. The molecule has 0 radical (unpaired) electrons. The number of ether oxygens (including phenoxy) is 1. The molecule has 1 aliphatic rings. The van der Waals surface area contributed by atoms with Crippen LogP contribution in [0.3, 0.4) is 0 Å². The molecule has 1 fully saturated rings. The lowest BCUT2D eigenvalue weighted by Gasteiger charge is -2.23. The quantitative estimate of drug-likeness (QED) is 0.457. The molecule has 0 N–H and O–H groups in total. The largest absolute Gasteiger partial charge is 0.496 e. The van der Waals surface area contributed by atoms with Gasteiger partial charge in [0.2, 0.25) is 0 Å². The molecule has 9 heteroatoms. The number of fused-ring (bicyclic) bond motifs is 1. The van der Waals surface area contributed by atoms with Gasteiger partial charge in [0, 0.05) is 26.2 Å². The van der Waals surface area contributed by atoms with Crippen LogP contribution in [-0.2, 0) is 0 Å². The summed E-state index contributed by atoms with van der Waals surface area (Å²) < 4.78 is 16.2. The number of benzene rings is 1. The first-order valence-electron chi connectivity index (χ1n) is 11.1. The highest BCUT2D eigenvalue weighted by Crippen LogP contribution is 2.28. The molecule has 2 amide bonds. The Morgan fingerprint density at radius 2 is 1.71 bits per heavy atom. The van der Waals surface area contributed by atoms with Crippen LogP contribution in [0.15, 0.2) is 57.7 Å². The van der Waals surface area contributed by atoms with E-state index in [4.69, 9.17) is 13.7 Å². The van der Waals surface area contributed by atoms with Crippen LogP contribution in [-0.4, -0.2) is 65.0 Å². The van der Waals surface area contributed by atoms with Crippen molar-refractivity contribution in [1.29, 1.82) is 0 Å². The molecule has 1 aliphatic heterocycles. The zero-order valence-electron chi connectivity index (χ0n) is 19.0. The first kappa shape index (κ1) is 21.7. The highest BCUT2D eigenvalue weighted by atomic mass is 16.5. The van der Waals surface area contributed by atoms with Crippen LogP contribution in [0.25, 0.3) is 22.6 Å². The SMILES string of the molecule is COc1ccccc1C(=O)N1CCCN(C(=O)c2cc(-c3ccco3)nc3onc(C)c23)CC1. The Balaban J connectivity index is 1.41. The van der Waals surface area contributed by atoms with Crippen molar-refractivity contribution in [2.45, 2.75) is 13.3 Å². The van der Waals surface area contributed by atoms with E-state index in [1.54, 1.807) is 60.4 Å². The van der Waals surface area contributed by atoms with Crippen molar-refractivity contribution in [2.24, 2.45) is 0 Å². The van der Waals surface area contributed by atoms with Gasteiger partial charge in [-0.1, -0.05) is 17.3 Å². The monoisotopic (exact) mass is 460 g/mol. The van der Waals surface area contributed by atoms with Crippen LogP contribution in [0.2, 0.25) is 0 Å². The van der Waals surface area contributed by atoms with E-state index in [0.717, 1.165) is 0 Å². The second kappa shape index (κ2) is 9.01. The summed E-state index contributed by atoms with van der Waals surface area (Å²) in [6.07, 6.45) is 2.21. The lowest BCUT2D eigenvalue weighted by atomic mass is 10.1. The number of aromatic nitrogens is 2. The van der Waals surface area contributed by atoms with E-state index in [1.165, 1.54) is 0 Å². The minimum absolute atomic E-state index is 0.104. The third kappa shape index (κ3) is 3.89. The number of methoxy groups -OCH3 is 1. The minimum atomic E-state index is -0.155. The Labute approximate surface area is 195 Å². The third-order valence-electron chi connectivity index (χ3n) is 6.03. The lowest BCUT2D eigenvalue weighted by Crippen LogP contribution is -2.37. The maximum atomic E-state index is 13.7. The number of para-hydroxylation sites is 1. The molecular weight excluding hydrogens is 436 g/mol. The number of pyridine rings is 1. The molecule has 3 aromatic heterocycles. The molecule has 0 unspecified atom stereocenters. The van der Waals surface area contributed by atoms with E-state index in [9.17, 15) is 9.59 Å². The molecule has 4 heterocycles. The smallest absolute Gasteiger partial charge is 0.259 e. The van der Waals surface area contributed by atoms with Crippen molar-refractivity contribution in [3.63, 3.8) is 0 Å². The number of aryl methyl sites for hydroxylation is 1. The zero-order chi connectivity index (χ0) is 23.7. The number of amides is 2. The van der Waals surface area contributed by atoms with Gasteiger partial charge in [0.15, 0.2) is 5.76 Å². The van der Waals surface area contributed by atoms with E-state index in [-0.39, 0.29) is 17.5 Å². The van der Waals surface area contributed by atoms with Crippen molar-refractivity contribution in [2.75, 3.05) is 33.3 Å². The Kier molecular flexibility index (Phi) is 5.75. The first-order valence-corrected chi connectivity index (χ1v) is 11.1. The number of carbonyl (C=O) groups is 2. The van der Waals surface area contributed by atoms with Gasteiger partial charge in [0.05, 0.1) is 35.6 Å². The van der Waals surface area contributed by atoms with Crippen LogP contribution >= 0.6 is 0 Å². The summed E-state index contributed by atoms with van der Waals surface area (Å²) in [5, 5.41) is 4.60. The highest BCUT2D eigenvalue weighted by Gasteiger charge is 2.28. The van der Waals surface area contributed by atoms with Crippen LogP contribution in [0.4, 0.5) is 0 Å². The summed E-state index contributed by atoms with van der Waals surface area (Å²) in [4.78, 5) is 34.8. The molecular formula is C25H24N4O5. The Morgan fingerprint density at radius 3 is 2.41 bits per heavy atom. The summed E-state index contributed by atoms with van der Waals surface area (Å²) in [6, 6.07) is 12.4. The van der Waals surface area contributed by atoms with E-state index >= 15 is 0 Å². The van der Waals surface area contributed by atoms with Gasteiger partial charge < -0.3 is 23.5 Å². The average Bonchev–Trinajstić information content (AvgIpc) is 3.47. The normalized spacial score (nSPS) is 14.3. The molecule has 5 rings (SSSR count). The molecule has 0 spiro atoms. The van der Waals surface area contributed by atoms with Crippen LogP contribution in [0, 0.1) is 6.92 Å². The molecule has 0 saturated carbocycles. The van der Waals surface area contributed by atoms with Crippen molar-refractivity contribution in [1.82, 2.24) is 19.9 Å². The number of carbonyl (C=O) groups excluding carboxylic acids is 2. The van der Waals surface area contributed by atoms with Gasteiger partial charge in [-0.15, -0.1) is 0 Å². The van der Waals surface area contributed by atoms with Gasteiger partial charge in [-0.05, 0) is 43.7 Å². The molecule has 4 aromatic rings. The maximum absolute atomic E-state index is 13.7. The molecule has 9 nitrogen and oxygen atoms in total. The van der Waals surface area contributed by atoms with E-state index in [0.29, 0.717) is 72.0 Å². The first-order chi connectivity index (χ1) is 16.6. The zero-order valence-corrected chi connectivity index (χ0v) is 19.0. The van der Waals surface area contributed by atoms with E-state index < -0.39 is 0 Å². The van der Waals surface area contributed by atoms with Gasteiger partial charge in [0.1, 0.15) is 11.4 Å². The summed E-state index contributed by atoms with van der Waals surface area (Å²) in [5.41, 5.74) is 2.36. The third-order valence-corrected chi connectivity index (χ3v) is 6.03. The van der Waals surface area contributed by atoms with E-state index in [2.05, 4.69) is 10.1 Å². The average molecular weight is 460 g/mol.